The Morgan fingerprint density at radius 1 is 1.31 bits per heavy atom. The largest absolute Gasteiger partial charge is 0.495 e. The molecule has 1 heterocycles. The molecule has 0 aliphatic rings. The van der Waals surface area contributed by atoms with Crippen LogP contribution < -0.4 is 10.1 Å². The van der Waals surface area contributed by atoms with Crippen molar-refractivity contribution in [2.75, 3.05) is 12.4 Å². The first-order valence-electron chi connectivity index (χ1n) is 7.90. The molecule has 2 aromatic carbocycles. The molecule has 0 unspecified atom stereocenters. The molecule has 0 spiro atoms. The fraction of sp³-hybridized carbons (Fsp3) is 0.158. The van der Waals surface area contributed by atoms with Gasteiger partial charge in [0.05, 0.1) is 24.6 Å². The number of methoxy groups -OCH3 is 1. The van der Waals surface area contributed by atoms with Gasteiger partial charge in [0, 0.05) is 17.9 Å². The minimum absolute atomic E-state index is 0.146. The molecule has 0 atom stereocenters. The van der Waals surface area contributed by atoms with E-state index in [1.165, 1.54) is 19.4 Å². The molecule has 0 saturated carbocycles. The number of aromatic nitrogens is 1. The van der Waals surface area contributed by atoms with Gasteiger partial charge in [0.1, 0.15) is 11.6 Å². The smallest absolute Gasteiger partial charge is 0.224 e. The zero-order valence-electron chi connectivity index (χ0n) is 14.0. The average Bonchev–Trinajstić information content (AvgIpc) is 3.09. The number of rotatable bonds is 6. The highest BCUT2D eigenvalue weighted by Gasteiger charge is 2.13. The van der Waals surface area contributed by atoms with Gasteiger partial charge in [0.25, 0.3) is 0 Å². The molecule has 1 aromatic heterocycles. The Bertz CT molecular complexity index is 927. The van der Waals surface area contributed by atoms with Crippen molar-refractivity contribution in [2.45, 2.75) is 12.8 Å². The number of nitrogens with one attached hydrogen (secondary N) is 1. The first-order chi connectivity index (χ1) is 12.6. The number of amides is 1. The molecule has 1 N–H and O–H groups in total. The molecule has 3 rings (SSSR count). The number of hydrogen-bond donors (Lipinski definition) is 1. The number of oxazole rings is 1. The SMILES string of the molecule is COc1ccc(Cl)cc1NC(=O)CCc1ncc(-c2ccccc2F)o1. The molecular formula is C19H16ClFN2O3. The minimum atomic E-state index is -0.388. The molecule has 1 amide bonds. The second-order valence-electron chi connectivity index (χ2n) is 5.49. The van der Waals surface area contributed by atoms with Gasteiger partial charge < -0.3 is 14.5 Å². The quantitative estimate of drug-likeness (QED) is 0.678. The Labute approximate surface area is 154 Å². The van der Waals surface area contributed by atoms with E-state index in [1.807, 2.05) is 0 Å². The normalized spacial score (nSPS) is 10.6. The molecule has 0 radical (unpaired) electrons. The highest BCUT2D eigenvalue weighted by Crippen LogP contribution is 2.28. The van der Waals surface area contributed by atoms with Crippen LogP contribution in [-0.4, -0.2) is 18.0 Å². The van der Waals surface area contributed by atoms with Gasteiger partial charge in [-0.2, -0.15) is 0 Å². The summed E-state index contributed by atoms with van der Waals surface area (Å²) >= 11 is 5.94. The fourth-order valence-electron chi connectivity index (χ4n) is 2.42. The molecule has 0 fully saturated rings. The Morgan fingerprint density at radius 3 is 2.88 bits per heavy atom. The first kappa shape index (κ1) is 17.9. The monoisotopic (exact) mass is 374 g/mol. The standard InChI is InChI=1S/C19H16ClFN2O3/c1-25-16-7-6-12(20)10-15(16)23-18(24)8-9-19-22-11-17(26-19)13-4-2-3-5-14(13)21/h2-7,10-11H,8-9H2,1H3,(H,23,24). The van der Waals surface area contributed by atoms with Crippen LogP contribution in [0.5, 0.6) is 5.75 Å². The van der Waals surface area contributed by atoms with Gasteiger partial charge in [-0.3, -0.25) is 4.79 Å². The zero-order valence-corrected chi connectivity index (χ0v) is 14.7. The van der Waals surface area contributed by atoms with Gasteiger partial charge in [-0.1, -0.05) is 23.7 Å². The highest BCUT2D eigenvalue weighted by molar-refractivity contribution is 6.31. The van der Waals surface area contributed by atoms with Crippen molar-refractivity contribution in [3.05, 3.63) is 65.4 Å². The van der Waals surface area contributed by atoms with Crippen molar-refractivity contribution in [1.29, 1.82) is 0 Å². The number of anilines is 1. The highest BCUT2D eigenvalue weighted by atomic mass is 35.5. The number of carbonyl (C=O) groups excluding carboxylic acids is 1. The van der Waals surface area contributed by atoms with Gasteiger partial charge >= 0.3 is 0 Å². The molecule has 26 heavy (non-hydrogen) atoms. The molecule has 0 saturated heterocycles. The number of ether oxygens (including phenoxy) is 1. The van der Waals surface area contributed by atoms with E-state index in [-0.39, 0.29) is 24.6 Å². The van der Waals surface area contributed by atoms with Crippen LogP contribution >= 0.6 is 11.6 Å². The Kier molecular flexibility index (Phi) is 5.53. The molecule has 134 valence electrons. The number of aryl methyl sites for hydroxylation is 1. The van der Waals surface area contributed by atoms with Crippen molar-refractivity contribution >= 4 is 23.2 Å². The molecule has 0 aliphatic carbocycles. The van der Waals surface area contributed by atoms with Crippen molar-refractivity contribution < 1.29 is 18.3 Å². The second-order valence-corrected chi connectivity index (χ2v) is 5.93. The predicted molar refractivity (Wildman–Crippen MR) is 96.9 cm³/mol. The summed E-state index contributed by atoms with van der Waals surface area (Å²) in [6.07, 6.45) is 1.88. The van der Waals surface area contributed by atoms with Crippen molar-refractivity contribution in [2.24, 2.45) is 0 Å². The summed E-state index contributed by atoms with van der Waals surface area (Å²) in [5.41, 5.74) is 0.823. The van der Waals surface area contributed by atoms with E-state index >= 15 is 0 Å². The van der Waals surface area contributed by atoms with Crippen LogP contribution in [-0.2, 0) is 11.2 Å². The summed E-state index contributed by atoms with van der Waals surface area (Å²) in [5.74, 6) is 0.574. The lowest BCUT2D eigenvalue weighted by molar-refractivity contribution is -0.116. The summed E-state index contributed by atoms with van der Waals surface area (Å²) in [5, 5.41) is 3.23. The van der Waals surface area contributed by atoms with Gasteiger partial charge in [0.2, 0.25) is 5.91 Å². The summed E-state index contributed by atoms with van der Waals surface area (Å²) < 4.78 is 24.5. The third-order valence-electron chi connectivity index (χ3n) is 3.69. The fourth-order valence-corrected chi connectivity index (χ4v) is 2.59. The van der Waals surface area contributed by atoms with E-state index in [4.69, 9.17) is 20.8 Å². The number of nitrogens with zero attached hydrogens (tertiary/aromatic N) is 1. The van der Waals surface area contributed by atoms with Crippen molar-refractivity contribution in [3.63, 3.8) is 0 Å². The lowest BCUT2D eigenvalue weighted by Gasteiger charge is -2.10. The predicted octanol–water partition coefficient (Wildman–Crippen LogP) is 4.71. The van der Waals surface area contributed by atoms with Crippen LogP contribution in [0.2, 0.25) is 5.02 Å². The van der Waals surface area contributed by atoms with Gasteiger partial charge in [0.15, 0.2) is 11.7 Å². The van der Waals surface area contributed by atoms with E-state index in [0.29, 0.717) is 33.7 Å². The van der Waals surface area contributed by atoms with E-state index in [9.17, 15) is 9.18 Å². The Hall–Kier alpha value is -2.86. The third kappa shape index (κ3) is 4.21. The third-order valence-corrected chi connectivity index (χ3v) is 3.93. The molecule has 0 bridgehead atoms. The first-order valence-corrected chi connectivity index (χ1v) is 8.27. The maximum atomic E-state index is 13.8. The lowest BCUT2D eigenvalue weighted by Crippen LogP contribution is -2.13. The van der Waals surface area contributed by atoms with Crippen LogP contribution in [0.1, 0.15) is 12.3 Å². The van der Waals surface area contributed by atoms with Crippen molar-refractivity contribution in [1.82, 2.24) is 4.98 Å². The van der Waals surface area contributed by atoms with Crippen LogP contribution in [0.4, 0.5) is 10.1 Å². The minimum Gasteiger partial charge on any atom is -0.495 e. The Morgan fingerprint density at radius 2 is 2.12 bits per heavy atom. The van der Waals surface area contributed by atoms with E-state index < -0.39 is 0 Å². The van der Waals surface area contributed by atoms with E-state index in [1.54, 1.807) is 36.4 Å². The molecular weight excluding hydrogens is 359 g/mol. The number of benzene rings is 2. The molecule has 3 aromatic rings. The van der Waals surface area contributed by atoms with Gasteiger partial charge in [-0.05, 0) is 30.3 Å². The van der Waals surface area contributed by atoms with E-state index in [2.05, 4.69) is 10.3 Å². The van der Waals surface area contributed by atoms with Crippen LogP contribution in [0.25, 0.3) is 11.3 Å². The van der Waals surface area contributed by atoms with Gasteiger partial charge in [-0.15, -0.1) is 0 Å². The number of carbonyl (C=O) groups is 1. The molecule has 5 nitrogen and oxygen atoms in total. The molecule has 7 heteroatoms. The van der Waals surface area contributed by atoms with Crippen LogP contribution in [0.3, 0.4) is 0 Å². The van der Waals surface area contributed by atoms with Gasteiger partial charge in [-0.25, -0.2) is 9.37 Å². The second kappa shape index (κ2) is 8.01. The average molecular weight is 375 g/mol. The van der Waals surface area contributed by atoms with E-state index in [0.717, 1.165) is 0 Å². The summed E-state index contributed by atoms with van der Waals surface area (Å²) in [6.45, 7) is 0. The summed E-state index contributed by atoms with van der Waals surface area (Å²) in [4.78, 5) is 16.3. The zero-order chi connectivity index (χ0) is 18.5. The Balaban J connectivity index is 1.62. The number of halogens is 2. The lowest BCUT2D eigenvalue weighted by atomic mass is 10.2. The van der Waals surface area contributed by atoms with Crippen molar-refractivity contribution in [3.8, 4) is 17.1 Å². The molecule has 0 aliphatic heterocycles. The summed E-state index contributed by atoms with van der Waals surface area (Å²) in [6, 6.07) is 11.2. The number of hydrogen-bond acceptors (Lipinski definition) is 4. The maximum Gasteiger partial charge on any atom is 0.224 e. The van der Waals surface area contributed by atoms with Crippen LogP contribution in [0.15, 0.2) is 53.1 Å². The maximum absolute atomic E-state index is 13.8. The summed E-state index contributed by atoms with van der Waals surface area (Å²) in [7, 11) is 1.51. The topological polar surface area (TPSA) is 64.4 Å². The van der Waals surface area contributed by atoms with Crippen LogP contribution in [0, 0.1) is 5.82 Å².